The van der Waals surface area contributed by atoms with E-state index in [-0.39, 0.29) is 18.2 Å². The second-order valence-corrected chi connectivity index (χ2v) is 7.79. The summed E-state index contributed by atoms with van der Waals surface area (Å²) < 4.78 is 8.06. The normalized spacial score (nSPS) is 24.1. The molecule has 2 fully saturated rings. The third-order valence-electron chi connectivity index (χ3n) is 5.60. The highest BCUT2D eigenvalue weighted by atomic mass is 32.1. The first-order valence-corrected chi connectivity index (χ1v) is 10.4. The monoisotopic (exact) mass is 405 g/mol. The Kier molecular flexibility index (Phi) is 4.99. The molecule has 5 heterocycles. The maximum absolute atomic E-state index is 5.92. The van der Waals surface area contributed by atoms with Gasteiger partial charge in [-0.05, 0) is 61.5 Å². The summed E-state index contributed by atoms with van der Waals surface area (Å²) in [5, 5.41) is 4.26. The van der Waals surface area contributed by atoms with Crippen molar-refractivity contribution in [2.45, 2.75) is 31.0 Å². The molecule has 0 amide bonds. The van der Waals surface area contributed by atoms with E-state index in [2.05, 4.69) is 49.1 Å². The van der Waals surface area contributed by atoms with Gasteiger partial charge in [0.2, 0.25) is 0 Å². The molecule has 0 aliphatic carbocycles. The molecule has 148 valence electrons. The van der Waals surface area contributed by atoms with Crippen LogP contribution in [0.3, 0.4) is 0 Å². The van der Waals surface area contributed by atoms with Gasteiger partial charge in [0.25, 0.3) is 0 Å². The van der Waals surface area contributed by atoms with E-state index in [1.807, 2.05) is 42.7 Å². The third-order valence-corrected chi connectivity index (χ3v) is 5.95. The fourth-order valence-electron chi connectivity index (χ4n) is 4.27. The fraction of sp³-hybridized carbons (Fsp3) is 0.318. The molecular formula is C22H23N5OS. The summed E-state index contributed by atoms with van der Waals surface area (Å²) in [7, 11) is 0. The first-order valence-electron chi connectivity index (χ1n) is 9.99. The highest BCUT2D eigenvalue weighted by Crippen LogP contribution is 2.40. The van der Waals surface area contributed by atoms with Crippen LogP contribution in [0.4, 0.5) is 0 Å². The molecule has 3 aromatic heterocycles. The van der Waals surface area contributed by atoms with Crippen LogP contribution in [0.25, 0.3) is 5.82 Å². The van der Waals surface area contributed by atoms with Gasteiger partial charge in [0.05, 0.1) is 23.9 Å². The Hall–Kier alpha value is -2.77. The number of hydrogen-bond donors (Lipinski definition) is 1. The molecule has 1 N–H and O–H groups in total. The second-order valence-electron chi connectivity index (χ2n) is 7.40. The number of rotatable bonds is 5. The van der Waals surface area contributed by atoms with Crippen molar-refractivity contribution in [1.29, 1.82) is 0 Å². The standard InChI is InChI=1S/C22H23N5OS/c29-22-25-20(17-8-1-3-11-23-17)21(27(22)15-16-7-6-14-28-16)18-9-5-13-26(18)19-10-2-4-12-24-19/h1-5,8-13,16,20-21H,6-7,14-15H2,(H,25,29)/t16-,20+,21-/m0/s1. The van der Waals surface area contributed by atoms with E-state index in [0.717, 1.165) is 48.3 Å². The lowest BCUT2D eigenvalue weighted by atomic mass is 10.0. The lowest BCUT2D eigenvalue weighted by Crippen LogP contribution is -2.36. The van der Waals surface area contributed by atoms with Gasteiger partial charge in [0.15, 0.2) is 5.11 Å². The van der Waals surface area contributed by atoms with Crippen LogP contribution < -0.4 is 5.32 Å². The second kappa shape index (κ2) is 7.93. The van der Waals surface area contributed by atoms with Gasteiger partial charge in [0, 0.05) is 37.4 Å². The molecule has 0 spiro atoms. The Morgan fingerprint density at radius 1 is 1.07 bits per heavy atom. The Bertz CT molecular complexity index is 971. The first kappa shape index (κ1) is 18.3. The molecule has 6 nitrogen and oxygen atoms in total. The van der Waals surface area contributed by atoms with Crippen molar-refractivity contribution in [2.75, 3.05) is 13.2 Å². The van der Waals surface area contributed by atoms with Crippen molar-refractivity contribution < 1.29 is 4.74 Å². The van der Waals surface area contributed by atoms with Crippen LogP contribution in [0.5, 0.6) is 0 Å². The molecule has 0 bridgehead atoms. The van der Waals surface area contributed by atoms with Gasteiger partial charge in [-0.1, -0.05) is 12.1 Å². The molecule has 29 heavy (non-hydrogen) atoms. The Labute approximate surface area is 175 Å². The maximum Gasteiger partial charge on any atom is 0.170 e. The Balaban J connectivity index is 1.57. The maximum atomic E-state index is 5.92. The van der Waals surface area contributed by atoms with Crippen molar-refractivity contribution in [1.82, 2.24) is 24.8 Å². The summed E-state index contributed by atoms with van der Waals surface area (Å²) in [6.45, 7) is 1.60. The topological polar surface area (TPSA) is 55.2 Å². The molecule has 0 radical (unpaired) electrons. The van der Waals surface area contributed by atoms with E-state index in [9.17, 15) is 0 Å². The molecule has 2 aliphatic rings. The van der Waals surface area contributed by atoms with Crippen LogP contribution in [0.2, 0.25) is 0 Å². The molecule has 2 saturated heterocycles. The zero-order valence-electron chi connectivity index (χ0n) is 16.0. The molecule has 5 rings (SSSR count). The molecule has 3 atom stereocenters. The van der Waals surface area contributed by atoms with Gasteiger partial charge in [0.1, 0.15) is 5.82 Å². The van der Waals surface area contributed by atoms with E-state index in [0.29, 0.717) is 0 Å². The van der Waals surface area contributed by atoms with Crippen LogP contribution in [0.15, 0.2) is 67.1 Å². The van der Waals surface area contributed by atoms with E-state index < -0.39 is 0 Å². The number of aromatic nitrogens is 3. The summed E-state index contributed by atoms with van der Waals surface area (Å²) in [5.74, 6) is 0.891. The first-order chi connectivity index (χ1) is 14.3. The van der Waals surface area contributed by atoms with Gasteiger partial charge < -0.3 is 19.5 Å². The zero-order valence-corrected chi connectivity index (χ0v) is 16.8. The lowest BCUT2D eigenvalue weighted by molar-refractivity contribution is 0.0836. The third kappa shape index (κ3) is 3.52. The van der Waals surface area contributed by atoms with E-state index in [1.54, 1.807) is 0 Å². The quantitative estimate of drug-likeness (QED) is 0.657. The van der Waals surface area contributed by atoms with Crippen LogP contribution in [-0.2, 0) is 4.74 Å². The van der Waals surface area contributed by atoms with E-state index >= 15 is 0 Å². The van der Waals surface area contributed by atoms with Crippen LogP contribution >= 0.6 is 12.2 Å². The largest absolute Gasteiger partial charge is 0.376 e. The predicted octanol–water partition coefficient (Wildman–Crippen LogP) is 3.42. The Morgan fingerprint density at radius 2 is 1.93 bits per heavy atom. The molecular weight excluding hydrogens is 382 g/mol. The SMILES string of the molecule is S=C1N[C@H](c2ccccn2)[C@H](c2cccn2-c2ccccn2)N1C[C@@H]1CCCO1. The predicted molar refractivity (Wildman–Crippen MR) is 115 cm³/mol. The van der Waals surface area contributed by atoms with Gasteiger partial charge in [-0.25, -0.2) is 4.98 Å². The van der Waals surface area contributed by atoms with Gasteiger partial charge in [-0.3, -0.25) is 4.98 Å². The van der Waals surface area contributed by atoms with E-state index in [4.69, 9.17) is 17.0 Å². The minimum atomic E-state index is -0.0394. The summed E-state index contributed by atoms with van der Waals surface area (Å²) in [4.78, 5) is 11.4. The van der Waals surface area contributed by atoms with Crippen molar-refractivity contribution in [3.63, 3.8) is 0 Å². The summed E-state index contributed by atoms with van der Waals surface area (Å²) in [6, 6.07) is 16.1. The molecule has 0 unspecified atom stereocenters. The summed E-state index contributed by atoms with van der Waals surface area (Å²) >= 11 is 5.77. The van der Waals surface area contributed by atoms with Crippen molar-refractivity contribution in [3.05, 3.63) is 78.5 Å². The van der Waals surface area contributed by atoms with Gasteiger partial charge in [-0.15, -0.1) is 0 Å². The average molecular weight is 406 g/mol. The number of nitrogens with zero attached hydrogens (tertiary/aromatic N) is 4. The highest BCUT2D eigenvalue weighted by Gasteiger charge is 2.42. The van der Waals surface area contributed by atoms with Crippen molar-refractivity contribution in [3.8, 4) is 5.82 Å². The number of hydrogen-bond acceptors (Lipinski definition) is 4. The highest BCUT2D eigenvalue weighted by molar-refractivity contribution is 7.80. The van der Waals surface area contributed by atoms with E-state index in [1.165, 1.54) is 0 Å². The van der Waals surface area contributed by atoms with Crippen molar-refractivity contribution >= 4 is 17.3 Å². The fourth-order valence-corrected chi connectivity index (χ4v) is 4.59. The van der Waals surface area contributed by atoms with Crippen molar-refractivity contribution in [2.24, 2.45) is 0 Å². The molecule has 3 aromatic rings. The van der Waals surface area contributed by atoms with Gasteiger partial charge >= 0.3 is 0 Å². The van der Waals surface area contributed by atoms with Crippen LogP contribution in [0.1, 0.15) is 36.3 Å². The zero-order chi connectivity index (χ0) is 19.6. The smallest absolute Gasteiger partial charge is 0.170 e. The minimum absolute atomic E-state index is 0.00129. The number of pyridine rings is 2. The average Bonchev–Trinajstić information content (AvgIpc) is 3.51. The molecule has 2 aliphatic heterocycles. The summed E-state index contributed by atoms with van der Waals surface area (Å²) in [6.07, 6.45) is 8.09. The number of thiocarbonyl (C=S) groups is 1. The Morgan fingerprint density at radius 3 is 2.66 bits per heavy atom. The molecule has 0 aromatic carbocycles. The number of nitrogens with one attached hydrogen (secondary N) is 1. The minimum Gasteiger partial charge on any atom is -0.376 e. The van der Waals surface area contributed by atoms with Gasteiger partial charge in [-0.2, -0.15) is 0 Å². The number of ether oxygens (including phenoxy) is 1. The molecule has 7 heteroatoms. The molecule has 0 saturated carbocycles. The van der Waals surface area contributed by atoms with Crippen LogP contribution in [-0.4, -0.2) is 43.8 Å². The summed E-state index contributed by atoms with van der Waals surface area (Å²) in [5.41, 5.74) is 2.10. The lowest BCUT2D eigenvalue weighted by Gasteiger charge is -2.30. The van der Waals surface area contributed by atoms with Crippen LogP contribution in [0, 0.1) is 0 Å².